The van der Waals surface area contributed by atoms with Gasteiger partial charge in [0.25, 0.3) is 0 Å². The molecule has 1 N–H and O–H groups in total. The van der Waals surface area contributed by atoms with Crippen molar-refractivity contribution >= 4 is 11.8 Å². The Morgan fingerprint density at radius 1 is 1.47 bits per heavy atom. The second-order valence-corrected chi connectivity index (χ2v) is 5.15. The lowest BCUT2D eigenvalue weighted by molar-refractivity contribution is 0.192. The van der Waals surface area contributed by atoms with Gasteiger partial charge in [0.1, 0.15) is 0 Å². The number of nitrogens with zero attached hydrogens (tertiary/aromatic N) is 3. The maximum absolute atomic E-state index is 4.52. The SMILES string of the molecule is CNC1CCN(Cc2ccnc(SC)n2)CC1. The fourth-order valence-electron chi connectivity index (χ4n) is 2.17. The molecule has 0 saturated carbocycles. The van der Waals surface area contributed by atoms with Crippen molar-refractivity contribution in [3.05, 3.63) is 18.0 Å². The number of hydrogen-bond donors (Lipinski definition) is 1. The highest BCUT2D eigenvalue weighted by atomic mass is 32.2. The maximum Gasteiger partial charge on any atom is 0.187 e. The van der Waals surface area contributed by atoms with E-state index in [9.17, 15) is 0 Å². The van der Waals surface area contributed by atoms with Gasteiger partial charge in [-0.3, -0.25) is 4.90 Å². The highest BCUT2D eigenvalue weighted by Gasteiger charge is 2.17. The van der Waals surface area contributed by atoms with Crippen molar-refractivity contribution < 1.29 is 0 Å². The van der Waals surface area contributed by atoms with Crippen LogP contribution in [0.5, 0.6) is 0 Å². The minimum absolute atomic E-state index is 0.693. The van der Waals surface area contributed by atoms with Gasteiger partial charge in [0.15, 0.2) is 5.16 Å². The van der Waals surface area contributed by atoms with Crippen molar-refractivity contribution in [2.75, 3.05) is 26.4 Å². The molecule has 0 unspecified atom stereocenters. The Kier molecular flexibility index (Phi) is 4.76. The van der Waals surface area contributed by atoms with Crippen molar-refractivity contribution in [3.63, 3.8) is 0 Å². The quantitative estimate of drug-likeness (QED) is 0.648. The van der Waals surface area contributed by atoms with E-state index in [0.717, 1.165) is 30.5 Å². The number of piperidine rings is 1. The molecule has 0 atom stereocenters. The van der Waals surface area contributed by atoms with E-state index in [-0.39, 0.29) is 0 Å². The van der Waals surface area contributed by atoms with Crippen LogP contribution in [0.25, 0.3) is 0 Å². The zero-order valence-corrected chi connectivity index (χ0v) is 11.3. The van der Waals surface area contributed by atoms with E-state index < -0.39 is 0 Å². The van der Waals surface area contributed by atoms with E-state index in [2.05, 4.69) is 27.2 Å². The van der Waals surface area contributed by atoms with Gasteiger partial charge in [-0.1, -0.05) is 11.8 Å². The molecule has 1 aromatic rings. The van der Waals surface area contributed by atoms with Gasteiger partial charge in [0, 0.05) is 31.9 Å². The van der Waals surface area contributed by atoms with E-state index in [0.29, 0.717) is 6.04 Å². The third-order valence-corrected chi connectivity index (χ3v) is 3.82. The first kappa shape index (κ1) is 12.8. The highest BCUT2D eigenvalue weighted by Crippen LogP contribution is 2.14. The number of hydrogen-bond acceptors (Lipinski definition) is 5. The number of thioether (sulfide) groups is 1. The van der Waals surface area contributed by atoms with Crippen LogP contribution in [0.15, 0.2) is 17.4 Å². The molecule has 0 aromatic carbocycles. The minimum Gasteiger partial charge on any atom is -0.317 e. The molecule has 0 bridgehead atoms. The molecule has 1 aliphatic heterocycles. The van der Waals surface area contributed by atoms with Gasteiger partial charge in [0.05, 0.1) is 5.69 Å². The van der Waals surface area contributed by atoms with Gasteiger partial charge in [-0.05, 0) is 32.2 Å². The normalized spacial score (nSPS) is 18.5. The van der Waals surface area contributed by atoms with Crippen LogP contribution in [-0.2, 0) is 6.54 Å². The van der Waals surface area contributed by atoms with Crippen LogP contribution in [0.2, 0.25) is 0 Å². The largest absolute Gasteiger partial charge is 0.317 e. The topological polar surface area (TPSA) is 41.0 Å². The summed E-state index contributed by atoms with van der Waals surface area (Å²) in [6, 6.07) is 2.71. The Bertz CT molecular complexity index is 350. The highest BCUT2D eigenvalue weighted by molar-refractivity contribution is 7.98. The van der Waals surface area contributed by atoms with Gasteiger partial charge < -0.3 is 5.32 Å². The molecule has 1 aliphatic rings. The molecule has 1 aromatic heterocycles. The zero-order valence-electron chi connectivity index (χ0n) is 10.5. The summed E-state index contributed by atoms with van der Waals surface area (Å²) in [6.07, 6.45) is 6.33. The van der Waals surface area contributed by atoms with Crippen molar-refractivity contribution in [1.82, 2.24) is 20.2 Å². The van der Waals surface area contributed by atoms with Gasteiger partial charge in [-0.2, -0.15) is 0 Å². The lowest BCUT2D eigenvalue weighted by Gasteiger charge is -2.31. The molecule has 4 nitrogen and oxygen atoms in total. The third kappa shape index (κ3) is 3.66. The molecule has 2 rings (SSSR count). The van der Waals surface area contributed by atoms with Gasteiger partial charge in [0.2, 0.25) is 0 Å². The monoisotopic (exact) mass is 252 g/mol. The predicted molar refractivity (Wildman–Crippen MR) is 71.2 cm³/mol. The van der Waals surface area contributed by atoms with Gasteiger partial charge in [-0.25, -0.2) is 9.97 Å². The molecule has 0 aliphatic carbocycles. The average molecular weight is 252 g/mol. The fourth-order valence-corrected chi connectivity index (χ4v) is 2.55. The molecule has 2 heterocycles. The molecule has 5 heteroatoms. The molecule has 17 heavy (non-hydrogen) atoms. The maximum atomic E-state index is 4.52. The van der Waals surface area contributed by atoms with E-state index >= 15 is 0 Å². The summed E-state index contributed by atoms with van der Waals surface area (Å²) in [5.74, 6) is 0. The standard InChI is InChI=1S/C12H20N4S/c1-13-10-4-7-16(8-5-10)9-11-3-6-14-12(15-11)17-2/h3,6,10,13H,4-5,7-9H2,1-2H3. The Hall–Kier alpha value is -0.650. The number of aromatic nitrogens is 2. The molecule has 94 valence electrons. The Morgan fingerprint density at radius 3 is 2.88 bits per heavy atom. The van der Waals surface area contributed by atoms with Crippen molar-refractivity contribution in [1.29, 1.82) is 0 Å². The van der Waals surface area contributed by atoms with Crippen LogP contribution < -0.4 is 5.32 Å². The first-order valence-electron chi connectivity index (χ1n) is 6.07. The second-order valence-electron chi connectivity index (χ2n) is 4.37. The Morgan fingerprint density at radius 2 is 2.24 bits per heavy atom. The van der Waals surface area contributed by atoms with Crippen LogP contribution >= 0.6 is 11.8 Å². The summed E-state index contributed by atoms with van der Waals surface area (Å²) in [5.41, 5.74) is 1.13. The molecular formula is C12H20N4S. The van der Waals surface area contributed by atoms with E-state index in [4.69, 9.17) is 0 Å². The van der Waals surface area contributed by atoms with Gasteiger partial charge in [-0.15, -0.1) is 0 Å². The minimum atomic E-state index is 0.693. The molecule has 0 amide bonds. The van der Waals surface area contributed by atoms with E-state index in [1.807, 2.05) is 18.5 Å². The lowest BCUT2D eigenvalue weighted by Crippen LogP contribution is -2.40. The van der Waals surface area contributed by atoms with Crippen LogP contribution in [0.1, 0.15) is 18.5 Å². The third-order valence-electron chi connectivity index (χ3n) is 3.26. The van der Waals surface area contributed by atoms with Crippen molar-refractivity contribution in [2.45, 2.75) is 30.6 Å². The lowest BCUT2D eigenvalue weighted by atomic mass is 10.1. The van der Waals surface area contributed by atoms with Crippen LogP contribution in [-0.4, -0.2) is 47.3 Å². The molecule has 1 fully saturated rings. The first-order valence-corrected chi connectivity index (χ1v) is 7.30. The number of rotatable bonds is 4. The summed E-state index contributed by atoms with van der Waals surface area (Å²) in [6.45, 7) is 3.26. The fraction of sp³-hybridized carbons (Fsp3) is 0.667. The molecule has 0 radical (unpaired) electrons. The zero-order chi connectivity index (χ0) is 12.1. The summed E-state index contributed by atoms with van der Waals surface area (Å²) in [5, 5.41) is 4.22. The van der Waals surface area contributed by atoms with Crippen molar-refractivity contribution in [3.8, 4) is 0 Å². The van der Waals surface area contributed by atoms with E-state index in [1.54, 1.807) is 11.8 Å². The number of nitrogens with one attached hydrogen (secondary N) is 1. The van der Waals surface area contributed by atoms with Crippen LogP contribution in [0.4, 0.5) is 0 Å². The summed E-state index contributed by atoms with van der Waals surface area (Å²) < 4.78 is 0. The summed E-state index contributed by atoms with van der Waals surface area (Å²) in [4.78, 5) is 11.2. The van der Waals surface area contributed by atoms with E-state index in [1.165, 1.54) is 12.8 Å². The van der Waals surface area contributed by atoms with Crippen LogP contribution in [0.3, 0.4) is 0 Å². The predicted octanol–water partition coefficient (Wildman–Crippen LogP) is 1.38. The summed E-state index contributed by atoms with van der Waals surface area (Å²) >= 11 is 1.60. The molecule has 0 spiro atoms. The first-order chi connectivity index (χ1) is 8.31. The summed E-state index contributed by atoms with van der Waals surface area (Å²) in [7, 11) is 2.05. The number of likely N-dealkylation sites (tertiary alicyclic amines) is 1. The Labute approximate surface area is 107 Å². The van der Waals surface area contributed by atoms with Crippen LogP contribution in [0, 0.1) is 0 Å². The van der Waals surface area contributed by atoms with Crippen molar-refractivity contribution in [2.24, 2.45) is 0 Å². The Balaban J connectivity index is 1.88. The average Bonchev–Trinajstić information content (AvgIpc) is 2.40. The second kappa shape index (κ2) is 6.33. The molecule has 1 saturated heterocycles. The smallest absolute Gasteiger partial charge is 0.187 e. The van der Waals surface area contributed by atoms with Gasteiger partial charge >= 0.3 is 0 Å². The molecular weight excluding hydrogens is 232 g/mol.